The molecule has 0 amide bonds. The third-order valence-electron chi connectivity index (χ3n) is 3.85. The molecule has 0 aliphatic carbocycles. The molecule has 21 heavy (non-hydrogen) atoms. The fourth-order valence-electron chi connectivity index (χ4n) is 2.72. The van der Waals surface area contributed by atoms with E-state index in [-0.39, 0.29) is 0 Å². The maximum atomic E-state index is 4.50. The Morgan fingerprint density at radius 3 is 2.38 bits per heavy atom. The Morgan fingerprint density at radius 2 is 1.52 bits per heavy atom. The molecule has 2 aromatic carbocycles. The zero-order valence-electron chi connectivity index (χ0n) is 12.3. The van der Waals surface area contributed by atoms with Crippen LogP contribution in [0.5, 0.6) is 0 Å². The van der Waals surface area contributed by atoms with Gasteiger partial charge in [0.1, 0.15) is 0 Å². The van der Waals surface area contributed by atoms with Gasteiger partial charge >= 0.3 is 0 Å². The normalized spacial score (nSPS) is 10.9. The zero-order chi connectivity index (χ0) is 14.5. The number of nitrogens with zero attached hydrogens (tertiary/aromatic N) is 1. The van der Waals surface area contributed by atoms with Gasteiger partial charge in [0, 0.05) is 24.7 Å². The molecule has 3 rings (SSSR count). The van der Waals surface area contributed by atoms with Gasteiger partial charge in [0.05, 0.1) is 5.52 Å². The molecule has 0 fully saturated rings. The molecule has 106 valence electrons. The number of para-hydroxylation sites is 1. The smallest absolute Gasteiger partial charge is 0.0746 e. The van der Waals surface area contributed by atoms with E-state index in [0.717, 1.165) is 25.0 Å². The van der Waals surface area contributed by atoms with E-state index in [4.69, 9.17) is 0 Å². The van der Waals surface area contributed by atoms with Crippen molar-refractivity contribution < 1.29 is 0 Å². The van der Waals surface area contributed by atoms with Crippen molar-refractivity contribution in [3.63, 3.8) is 0 Å². The summed E-state index contributed by atoms with van der Waals surface area (Å²) in [5.74, 6) is 0. The van der Waals surface area contributed by atoms with Gasteiger partial charge in [-0.25, -0.2) is 0 Å². The summed E-state index contributed by atoms with van der Waals surface area (Å²) in [4.78, 5) is 4.50. The van der Waals surface area contributed by atoms with Gasteiger partial charge in [-0.2, -0.15) is 0 Å². The number of fused-ring (bicyclic) bond motifs is 1. The van der Waals surface area contributed by atoms with Gasteiger partial charge in [0.2, 0.25) is 0 Å². The first-order valence-electron chi connectivity index (χ1n) is 7.48. The van der Waals surface area contributed by atoms with Crippen LogP contribution in [-0.4, -0.2) is 4.98 Å². The summed E-state index contributed by atoms with van der Waals surface area (Å²) in [5.41, 5.74) is 5.15. The number of hydrogen-bond donors (Lipinski definition) is 1. The first kappa shape index (κ1) is 13.8. The van der Waals surface area contributed by atoms with Crippen molar-refractivity contribution in [2.75, 3.05) is 0 Å². The van der Waals surface area contributed by atoms with Crippen LogP contribution in [0.25, 0.3) is 10.9 Å². The van der Waals surface area contributed by atoms with Crippen molar-refractivity contribution in [2.45, 2.75) is 26.4 Å². The minimum absolute atomic E-state index is 0.840. The Kier molecular flexibility index (Phi) is 4.27. The number of benzene rings is 2. The largest absolute Gasteiger partial charge is 0.309 e. The van der Waals surface area contributed by atoms with Crippen LogP contribution in [0.3, 0.4) is 0 Å². The molecule has 0 unspecified atom stereocenters. The quantitative estimate of drug-likeness (QED) is 0.759. The van der Waals surface area contributed by atoms with Crippen molar-refractivity contribution in [2.24, 2.45) is 0 Å². The van der Waals surface area contributed by atoms with Crippen LogP contribution in [0, 0.1) is 0 Å². The van der Waals surface area contributed by atoms with Crippen molar-refractivity contribution in [1.82, 2.24) is 10.3 Å². The molecule has 2 heteroatoms. The Balaban J connectivity index is 1.72. The van der Waals surface area contributed by atoms with E-state index in [2.05, 4.69) is 65.8 Å². The zero-order valence-corrected chi connectivity index (χ0v) is 12.3. The fourth-order valence-corrected chi connectivity index (χ4v) is 2.72. The van der Waals surface area contributed by atoms with Gasteiger partial charge < -0.3 is 5.32 Å². The van der Waals surface area contributed by atoms with E-state index >= 15 is 0 Å². The van der Waals surface area contributed by atoms with Crippen molar-refractivity contribution in [1.29, 1.82) is 0 Å². The van der Waals surface area contributed by atoms with Crippen LogP contribution < -0.4 is 5.32 Å². The van der Waals surface area contributed by atoms with Gasteiger partial charge in [-0.3, -0.25) is 4.98 Å². The molecule has 1 N–H and O–H groups in total. The first-order valence-corrected chi connectivity index (χ1v) is 7.48. The lowest BCUT2D eigenvalue weighted by Crippen LogP contribution is -2.14. The summed E-state index contributed by atoms with van der Waals surface area (Å²) < 4.78 is 0. The van der Waals surface area contributed by atoms with Crippen molar-refractivity contribution >= 4 is 10.9 Å². The monoisotopic (exact) mass is 276 g/mol. The summed E-state index contributed by atoms with van der Waals surface area (Å²) in [7, 11) is 0. The second-order valence-corrected chi connectivity index (χ2v) is 5.22. The fraction of sp³-hybridized carbons (Fsp3) is 0.211. The second kappa shape index (κ2) is 6.51. The van der Waals surface area contributed by atoms with Gasteiger partial charge in [-0.1, -0.05) is 55.5 Å². The minimum atomic E-state index is 0.840. The van der Waals surface area contributed by atoms with E-state index in [1.165, 1.54) is 22.1 Å². The van der Waals surface area contributed by atoms with Crippen LogP contribution in [-0.2, 0) is 19.5 Å². The molecular formula is C19H20N2. The van der Waals surface area contributed by atoms with Gasteiger partial charge in [-0.05, 0) is 29.2 Å². The molecule has 1 aromatic heterocycles. The first-order chi connectivity index (χ1) is 10.4. The van der Waals surface area contributed by atoms with Gasteiger partial charge in [0.25, 0.3) is 0 Å². The standard InChI is InChI=1S/C19H20N2/c1-2-15-7-3-4-8-17(15)13-20-14-18-10-5-9-16-11-6-12-21-19(16)18/h3-12,20H,2,13-14H2,1H3. The number of nitrogens with one attached hydrogen (secondary N) is 1. The summed E-state index contributed by atoms with van der Waals surface area (Å²) in [6, 6.07) is 19.1. The van der Waals surface area contributed by atoms with E-state index in [1.54, 1.807) is 0 Å². The minimum Gasteiger partial charge on any atom is -0.309 e. The highest BCUT2D eigenvalue weighted by Gasteiger charge is 2.03. The van der Waals surface area contributed by atoms with Crippen molar-refractivity contribution in [3.05, 3.63) is 77.5 Å². The van der Waals surface area contributed by atoms with Crippen molar-refractivity contribution in [3.8, 4) is 0 Å². The van der Waals surface area contributed by atoms with Crippen LogP contribution in [0.1, 0.15) is 23.6 Å². The highest BCUT2D eigenvalue weighted by Crippen LogP contribution is 2.16. The third-order valence-corrected chi connectivity index (χ3v) is 3.85. The maximum Gasteiger partial charge on any atom is 0.0746 e. The molecule has 3 aromatic rings. The van der Waals surface area contributed by atoms with E-state index < -0.39 is 0 Å². The van der Waals surface area contributed by atoms with E-state index in [0.29, 0.717) is 0 Å². The van der Waals surface area contributed by atoms with E-state index in [1.807, 2.05) is 12.3 Å². The predicted octanol–water partition coefficient (Wildman–Crippen LogP) is 4.09. The molecule has 2 nitrogen and oxygen atoms in total. The molecule has 0 bridgehead atoms. The lowest BCUT2D eigenvalue weighted by molar-refractivity contribution is 0.690. The van der Waals surface area contributed by atoms with Crippen LogP contribution in [0.4, 0.5) is 0 Å². The molecule has 0 spiro atoms. The molecule has 0 saturated heterocycles. The van der Waals surface area contributed by atoms with E-state index in [9.17, 15) is 0 Å². The predicted molar refractivity (Wildman–Crippen MR) is 88.1 cm³/mol. The number of aromatic nitrogens is 1. The van der Waals surface area contributed by atoms with Crippen LogP contribution in [0.2, 0.25) is 0 Å². The summed E-state index contributed by atoms with van der Waals surface area (Å²) >= 11 is 0. The van der Waals surface area contributed by atoms with Gasteiger partial charge in [0.15, 0.2) is 0 Å². The number of pyridine rings is 1. The molecular weight excluding hydrogens is 256 g/mol. The van der Waals surface area contributed by atoms with Crippen LogP contribution in [0.15, 0.2) is 60.8 Å². The average molecular weight is 276 g/mol. The van der Waals surface area contributed by atoms with Gasteiger partial charge in [-0.15, -0.1) is 0 Å². The topological polar surface area (TPSA) is 24.9 Å². The highest BCUT2D eigenvalue weighted by molar-refractivity contribution is 5.81. The second-order valence-electron chi connectivity index (χ2n) is 5.22. The Labute approximate surface area is 125 Å². The number of aryl methyl sites for hydroxylation is 1. The lowest BCUT2D eigenvalue weighted by atomic mass is 10.1. The molecule has 0 radical (unpaired) electrons. The lowest BCUT2D eigenvalue weighted by Gasteiger charge is -2.10. The maximum absolute atomic E-state index is 4.50. The summed E-state index contributed by atoms with van der Waals surface area (Å²) in [6.07, 6.45) is 2.94. The molecule has 0 aliphatic heterocycles. The Hall–Kier alpha value is -2.19. The summed E-state index contributed by atoms with van der Waals surface area (Å²) in [6.45, 7) is 3.94. The third kappa shape index (κ3) is 3.11. The molecule has 0 atom stereocenters. The average Bonchev–Trinajstić information content (AvgIpc) is 2.55. The highest BCUT2D eigenvalue weighted by atomic mass is 14.9. The molecule has 0 aliphatic rings. The SMILES string of the molecule is CCc1ccccc1CNCc1cccc2cccnc12. The number of rotatable bonds is 5. The summed E-state index contributed by atoms with van der Waals surface area (Å²) in [5, 5.41) is 4.74. The van der Waals surface area contributed by atoms with Crippen LogP contribution >= 0.6 is 0 Å². The Morgan fingerprint density at radius 1 is 0.810 bits per heavy atom. The number of hydrogen-bond acceptors (Lipinski definition) is 2. The molecule has 0 saturated carbocycles. The molecule has 1 heterocycles. The Bertz CT molecular complexity index is 729.